The van der Waals surface area contributed by atoms with E-state index in [-0.39, 0.29) is 10.8 Å². The van der Waals surface area contributed by atoms with E-state index in [1.807, 2.05) is 0 Å². The molecule has 0 aromatic carbocycles. The molecule has 4 atom stereocenters. The summed E-state index contributed by atoms with van der Waals surface area (Å²) in [6.45, 7) is 3.63. The minimum Gasteiger partial charge on any atom is -0.458 e. The van der Waals surface area contributed by atoms with Crippen LogP contribution in [0.25, 0.3) is 0 Å². The fourth-order valence-corrected chi connectivity index (χ4v) is 5.01. The molecule has 4 aliphatic heterocycles. The van der Waals surface area contributed by atoms with Gasteiger partial charge in [0.25, 0.3) is 0 Å². The molecule has 4 saturated heterocycles. The highest BCUT2D eigenvalue weighted by Gasteiger charge is 2.43. The molecule has 0 spiro atoms. The number of epoxide rings is 4. The molecule has 4 heterocycles. The molecule has 6 rings (SSSR count). The molecule has 0 aromatic rings. The van der Waals surface area contributed by atoms with Gasteiger partial charge in [-0.05, 0) is 73.7 Å². The minimum absolute atomic E-state index is 0.162. The predicted octanol–water partition coefficient (Wildman–Crippen LogP) is 3.82. The van der Waals surface area contributed by atoms with Gasteiger partial charge in [-0.15, -0.1) is 0 Å². The lowest BCUT2D eigenvalue weighted by Crippen LogP contribution is -2.25. The molecule has 2 aliphatic carbocycles. The molecule has 0 aromatic heterocycles. The summed E-state index contributed by atoms with van der Waals surface area (Å²) in [6, 6.07) is 0. The van der Waals surface area contributed by atoms with Crippen molar-refractivity contribution in [2.75, 3.05) is 26.4 Å². The molecule has 0 saturated carbocycles. The molecule has 5 nitrogen and oxygen atoms in total. The number of allylic oxidation sites excluding steroid dienone is 6. The van der Waals surface area contributed by atoms with E-state index in [0.717, 1.165) is 76.5 Å². The zero-order valence-electron chi connectivity index (χ0n) is 16.9. The van der Waals surface area contributed by atoms with Crippen LogP contribution in [0.15, 0.2) is 48.0 Å². The van der Waals surface area contributed by atoms with Gasteiger partial charge in [-0.25, -0.2) is 0 Å². The third-order valence-electron chi connectivity index (χ3n) is 7.00. The maximum Gasteiger partial charge on any atom is 0.123 e. The topological polar surface area (TPSA) is 59.4 Å². The van der Waals surface area contributed by atoms with Crippen LogP contribution in [0.2, 0.25) is 0 Å². The van der Waals surface area contributed by atoms with Gasteiger partial charge in [0.2, 0.25) is 0 Å². The molecule has 0 amide bonds. The summed E-state index contributed by atoms with van der Waals surface area (Å²) in [5.74, 6) is 1.90. The maximum absolute atomic E-state index is 6.22. The molecule has 156 valence electrons. The van der Waals surface area contributed by atoms with Crippen LogP contribution in [0.3, 0.4) is 0 Å². The second-order valence-electron chi connectivity index (χ2n) is 9.75. The highest BCUT2D eigenvalue weighted by Crippen LogP contribution is 2.46. The first-order valence-corrected chi connectivity index (χ1v) is 11.1. The Hall–Kier alpha value is -1.40. The fourth-order valence-electron chi connectivity index (χ4n) is 5.01. The van der Waals surface area contributed by atoms with Gasteiger partial charge in [-0.1, -0.05) is 12.2 Å². The monoisotopic (exact) mass is 398 g/mol. The lowest BCUT2D eigenvalue weighted by atomic mass is 9.73. The van der Waals surface area contributed by atoms with Crippen molar-refractivity contribution < 1.29 is 23.7 Å². The standard InChI is InChI=1S/C24H30O5/c1-5-23(9-19-13-25-19,10-20-14-26-20)6-2-17(1)29-18-3-7-24(8-4-18,11-21-15-27-21)12-22-16-28-22/h1-5,7,19-22H,6,8-16H2. The summed E-state index contributed by atoms with van der Waals surface area (Å²) in [5, 5.41) is 0. The quantitative estimate of drug-likeness (QED) is 0.524. The summed E-state index contributed by atoms with van der Waals surface area (Å²) in [5.41, 5.74) is 0.325. The smallest absolute Gasteiger partial charge is 0.123 e. The number of rotatable bonds is 10. The van der Waals surface area contributed by atoms with Gasteiger partial charge in [0, 0.05) is 0 Å². The first kappa shape index (κ1) is 18.4. The van der Waals surface area contributed by atoms with Crippen LogP contribution in [-0.2, 0) is 23.7 Å². The highest BCUT2D eigenvalue weighted by atomic mass is 16.6. The van der Waals surface area contributed by atoms with Gasteiger partial charge in [0.15, 0.2) is 0 Å². The van der Waals surface area contributed by atoms with Crippen molar-refractivity contribution in [2.45, 2.75) is 62.9 Å². The summed E-state index contributed by atoms with van der Waals surface area (Å²) >= 11 is 0. The maximum atomic E-state index is 6.22. The Morgan fingerprint density at radius 1 is 0.655 bits per heavy atom. The summed E-state index contributed by atoms with van der Waals surface area (Å²) in [6.07, 6.45) is 21.6. The first-order chi connectivity index (χ1) is 14.2. The Bertz CT molecular complexity index is 670. The molecule has 4 unspecified atom stereocenters. The van der Waals surface area contributed by atoms with Crippen LogP contribution in [0.1, 0.15) is 38.5 Å². The van der Waals surface area contributed by atoms with Gasteiger partial charge in [0.1, 0.15) is 11.5 Å². The third-order valence-corrected chi connectivity index (χ3v) is 7.00. The largest absolute Gasteiger partial charge is 0.458 e. The van der Waals surface area contributed by atoms with Crippen LogP contribution >= 0.6 is 0 Å². The molecule has 0 bridgehead atoms. The Labute approximate surface area is 172 Å². The molecule has 0 N–H and O–H groups in total. The second kappa shape index (κ2) is 7.09. The molecule has 0 radical (unpaired) electrons. The molecule has 29 heavy (non-hydrogen) atoms. The highest BCUT2D eigenvalue weighted by molar-refractivity contribution is 5.29. The average molecular weight is 398 g/mol. The van der Waals surface area contributed by atoms with Crippen LogP contribution in [0, 0.1) is 10.8 Å². The van der Waals surface area contributed by atoms with Crippen LogP contribution < -0.4 is 0 Å². The van der Waals surface area contributed by atoms with Gasteiger partial charge < -0.3 is 23.7 Å². The first-order valence-electron chi connectivity index (χ1n) is 11.1. The van der Waals surface area contributed by atoms with E-state index >= 15 is 0 Å². The van der Waals surface area contributed by atoms with Crippen molar-refractivity contribution in [3.05, 3.63) is 48.0 Å². The van der Waals surface area contributed by atoms with Crippen molar-refractivity contribution in [1.29, 1.82) is 0 Å². The number of hydrogen-bond donors (Lipinski definition) is 0. The lowest BCUT2D eigenvalue weighted by molar-refractivity contribution is 0.227. The normalized spacial score (nSPS) is 44.1. The van der Waals surface area contributed by atoms with E-state index in [1.165, 1.54) is 0 Å². The minimum atomic E-state index is 0.162. The van der Waals surface area contributed by atoms with E-state index in [2.05, 4.69) is 36.5 Å². The number of hydrogen-bond acceptors (Lipinski definition) is 5. The van der Waals surface area contributed by atoms with Gasteiger partial charge in [0.05, 0.1) is 50.8 Å². The lowest BCUT2D eigenvalue weighted by Gasteiger charge is -2.33. The second-order valence-corrected chi connectivity index (χ2v) is 9.75. The van der Waals surface area contributed by atoms with Crippen molar-refractivity contribution >= 4 is 0 Å². The fraction of sp³-hybridized carbons (Fsp3) is 0.667. The Kier molecular flexibility index (Phi) is 4.49. The van der Waals surface area contributed by atoms with Crippen LogP contribution in [0.5, 0.6) is 0 Å². The van der Waals surface area contributed by atoms with Gasteiger partial charge >= 0.3 is 0 Å². The van der Waals surface area contributed by atoms with E-state index in [4.69, 9.17) is 23.7 Å². The average Bonchev–Trinajstić information content (AvgIpc) is 3.51. The zero-order valence-corrected chi connectivity index (χ0v) is 16.9. The Morgan fingerprint density at radius 2 is 1.00 bits per heavy atom. The van der Waals surface area contributed by atoms with Crippen molar-refractivity contribution in [1.82, 2.24) is 0 Å². The molecule has 5 heteroatoms. The van der Waals surface area contributed by atoms with Gasteiger partial charge in [-0.3, -0.25) is 0 Å². The molecular weight excluding hydrogens is 368 g/mol. The Balaban J connectivity index is 1.08. The molecule has 4 fully saturated rings. The Morgan fingerprint density at radius 3 is 1.24 bits per heavy atom. The summed E-state index contributed by atoms with van der Waals surface area (Å²) in [4.78, 5) is 0. The van der Waals surface area contributed by atoms with E-state index in [1.54, 1.807) is 0 Å². The summed E-state index contributed by atoms with van der Waals surface area (Å²) < 4.78 is 28.3. The third kappa shape index (κ3) is 4.69. The number of ether oxygens (including phenoxy) is 5. The summed E-state index contributed by atoms with van der Waals surface area (Å²) in [7, 11) is 0. The van der Waals surface area contributed by atoms with Crippen LogP contribution in [0.4, 0.5) is 0 Å². The molecular formula is C24H30O5. The van der Waals surface area contributed by atoms with Crippen molar-refractivity contribution in [2.24, 2.45) is 10.8 Å². The van der Waals surface area contributed by atoms with E-state index in [9.17, 15) is 0 Å². The molecule has 6 aliphatic rings. The predicted molar refractivity (Wildman–Crippen MR) is 107 cm³/mol. The van der Waals surface area contributed by atoms with Crippen molar-refractivity contribution in [3.63, 3.8) is 0 Å². The van der Waals surface area contributed by atoms with Crippen LogP contribution in [-0.4, -0.2) is 50.8 Å². The van der Waals surface area contributed by atoms with Crippen molar-refractivity contribution in [3.8, 4) is 0 Å². The SMILES string of the molecule is C1=CC(CC2CO2)(CC2CO2)CC=C1OC1=CCC(CC2CO2)(CC2CO2)C=C1. The zero-order chi connectivity index (χ0) is 19.3. The van der Waals surface area contributed by atoms with E-state index < -0.39 is 0 Å². The van der Waals surface area contributed by atoms with E-state index in [0.29, 0.717) is 24.4 Å². The van der Waals surface area contributed by atoms with Gasteiger partial charge in [-0.2, -0.15) is 0 Å².